The first kappa shape index (κ1) is 17.8. The van der Waals surface area contributed by atoms with Gasteiger partial charge in [0, 0.05) is 12.6 Å². The van der Waals surface area contributed by atoms with E-state index >= 15 is 0 Å². The minimum Gasteiger partial charge on any atom is -0.510 e. The minimum atomic E-state index is -0.0594. The summed E-state index contributed by atoms with van der Waals surface area (Å²) in [7, 11) is 1.87. The lowest BCUT2D eigenvalue weighted by Crippen LogP contribution is -1.98. The molecule has 0 saturated carbocycles. The molecule has 0 bridgehead atoms. The van der Waals surface area contributed by atoms with Gasteiger partial charge in [0.25, 0.3) is 0 Å². The molecule has 0 atom stereocenters. The summed E-state index contributed by atoms with van der Waals surface area (Å²) in [5, 5.41) is 29.1. The Morgan fingerprint density at radius 2 is 1.89 bits per heavy atom. The Balaban J connectivity index is 1.57. The number of nitrogens with one attached hydrogen (secondary N) is 1. The van der Waals surface area contributed by atoms with Crippen LogP contribution in [0.15, 0.2) is 65.5 Å². The van der Waals surface area contributed by atoms with Crippen LogP contribution < -0.4 is 0 Å². The van der Waals surface area contributed by atoms with E-state index < -0.39 is 0 Å². The van der Waals surface area contributed by atoms with Crippen LogP contribution in [0.4, 0.5) is 0 Å². The van der Waals surface area contributed by atoms with Crippen LogP contribution in [0.25, 0.3) is 28.0 Å². The Morgan fingerprint density at radius 1 is 1.14 bits per heavy atom. The molecule has 7 nitrogen and oxygen atoms in total. The van der Waals surface area contributed by atoms with Crippen molar-refractivity contribution in [1.29, 1.82) is 5.26 Å². The molecule has 4 aromatic rings. The topological polar surface area (TPSA) is 103 Å². The molecule has 4 rings (SSSR count). The number of nitriles is 1. The van der Waals surface area contributed by atoms with E-state index in [2.05, 4.69) is 20.2 Å². The molecular weight excluding hydrogens is 372 g/mol. The minimum absolute atomic E-state index is 0.0594. The number of benzene rings is 2. The van der Waals surface area contributed by atoms with Gasteiger partial charge in [-0.3, -0.25) is 0 Å². The van der Waals surface area contributed by atoms with E-state index in [-0.39, 0.29) is 17.1 Å². The number of para-hydroxylation sites is 2. The van der Waals surface area contributed by atoms with Crippen LogP contribution in [-0.2, 0) is 7.05 Å². The number of allylic oxidation sites excluding steroid dienone is 1. The maximum absolute atomic E-state index is 10.5. The predicted molar refractivity (Wildman–Crippen MR) is 108 cm³/mol. The zero-order chi connectivity index (χ0) is 19.5. The molecule has 0 fully saturated rings. The normalized spacial score (nSPS) is 12.0. The zero-order valence-corrected chi connectivity index (χ0v) is 15.8. The molecule has 2 heterocycles. The van der Waals surface area contributed by atoms with Crippen molar-refractivity contribution in [3.05, 3.63) is 66.2 Å². The van der Waals surface area contributed by atoms with Gasteiger partial charge in [-0.25, -0.2) is 4.98 Å². The number of fused-ring (bicyclic) bond motifs is 1. The molecular formula is C20H16N6OS. The van der Waals surface area contributed by atoms with Crippen LogP contribution in [0, 0.1) is 11.3 Å². The average molecular weight is 388 g/mol. The van der Waals surface area contributed by atoms with Gasteiger partial charge in [-0.2, -0.15) is 5.26 Å². The van der Waals surface area contributed by atoms with Crippen LogP contribution in [0.5, 0.6) is 0 Å². The molecule has 28 heavy (non-hydrogen) atoms. The predicted octanol–water partition coefficient (Wildman–Crippen LogP) is 3.94. The summed E-state index contributed by atoms with van der Waals surface area (Å²) in [5.41, 5.74) is 2.64. The Kier molecular flexibility index (Phi) is 4.83. The number of hydrogen-bond donors (Lipinski definition) is 2. The SMILES string of the molecule is Cn1c(SC/C(O)=C(/C#N)c2nc3ccccc3[nH]2)nnc1-c1ccccc1. The molecule has 0 radical (unpaired) electrons. The number of rotatable bonds is 5. The fraction of sp³-hybridized carbons (Fsp3) is 0.100. The number of aliphatic hydroxyl groups excluding tert-OH is 1. The first-order valence-electron chi connectivity index (χ1n) is 8.52. The molecule has 2 aromatic heterocycles. The van der Waals surface area contributed by atoms with Crippen molar-refractivity contribution in [2.24, 2.45) is 7.05 Å². The van der Waals surface area contributed by atoms with Gasteiger partial charge in [0.1, 0.15) is 17.4 Å². The lowest BCUT2D eigenvalue weighted by Gasteiger charge is -2.04. The summed E-state index contributed by atoms with van der Waals surface area (Å²) in [5.74, 6) is 1.21. The van der Waals surface area contributed by atoms with Crippen molar-refractivity contribution in [3.63, 3.8) is 0 Å². The number of aromatic amines is 1. The van der Waals surface area contributed by atoms with Gasteiger partial charge < -0.3 is 14.7 Å². The summed E-state index contributed by atoms with van der Waals surface area (Å²) in [6.07, 6.45) is 0. The van der Waals surface area contributed by atoms with Crippen molar-refractivity contribution in [3.8, 4) is 17.5 Å². The van der Waals surface area contributed by atoms with Crippen LogP contribution in [-0.4, -0.2) is 35.6 Å². The van der Waals surface area contributed by atoms with Gasteiger partial charge in [-0.15, -0.1) is 10.2 Å². The van der Waals surface area contributed by atoms with Crippen LogP contribution in [0.1, 0.15) is 5.82 Å². The molecule has 0 aliphatic carbocycles. The monoisotopic (exact) mass is 388 g/mol. The van der Waals surface area contributed by atoms with E-state index in [0.717, 1.165) is 22.4 Å². The highest BCUT2D eigenvalue weighted by atomic mass is 32.2. The summed E-state index contributed by atoms with van der Waals surface area (Å²) < 4.78 is 1.86. The summed E-state index contributed by atoms with van der Waals surface area (Å²) >= 11 is 1.30. The highest BCUT2D eigenvalue weighted by Gasteiger charge is 2.16. The van der Waals surface area contributed by atoms with E-state index in [1.54, 1.807) is 0 Å². The largest absolute Gasteiger partial charge is 0.510 e. The molecule has 0 saturated heterocycles. The van der Waals surface area contributed by atoms with Gasteiger partial charge in [-0.05, 0) is 12.1 Å². The third-order valence-corrected chi connectivity index (χ3v) is 5.26. The van der Waals surface area contributed by atoms with Gasteiger partial charge in [0.15, 0.2) is 16.8 Å². The second-order valence-corrected chi connectivity index (χ2v) is 7.00. The van der Waals surface area contributed by atoms with Crippen molar-refractivity contribution in [1.82, 2.24) is 24.7 Å². The van der Waals surface area contributed by atoms with E-state index in [0.29, 0.717) is 11.0 Å². The van der Waals surface area contributed by atoms with Gasteiger partial charge in [0.2, 0.25) is 0 Å². The van der Waals surface area contributed by atoms with Crippen LogP contribution in [0.2, 0.25) is 0 Å². The maximum Gasteiger partial charge on any atom is 0.191 e. The molecule has 0 spiro atoms. The number of hydrogen-bond acceptors (Lipinski definition) is 6. The molecule has 2 N–H and O–H groups in total. The lowest BCUT2D eigenvalue weighted by molar-refractivity contribution is 0.420. The Hall–Kier alpha value is -3.57. The van der Waals surface area contributed by atoms with E-state index in [4.69, 9.17) is 0 Å². The summed E-state index contributed by atoms with van der Waals surface area (Å²) in [6, 6.07) is 19.3. The average Bonchev–Trinajstić information content (AvgIpc) is 3.31. The van der Waals surface area contributed by atoms with E-state index in [9.17, 15) is 10.4 Å². The van der Waals surface area contributed by atoms with Crippen molar-refractivity contribution in [2.75, 3.05) is 5.75 Å². The standard InChI is InChI=1S/C20H16N6OS/c1-26-19(13-7-3-2-4-8-13)24-25-20(26)28-12-17(27)14(11-21)18-22-15-9-5-6-10-16(15)23-18/h2-10,27H,12H2,1H3,(H,22,23)/b17-14+. The number of nitrogens with zero attached hydrogens (tertiary/aromatic N) is 5. The van der Waals surface area contributed by atoms with Crippen LogP contribution in [0.3, 0.4) is 0 Å². The highest BCUT2D eigenvalue weighted by Crippen LogP contribution is 2.26. The maximum atomic E-state index is 10.5. The van der Waals surface area contributed by atoms with E-state index in [1.165, 1.54) is 11.8 Å². The van der Waals surface area contributed by atoms with Gasteiger partial charge >= 0.3 is 0 Å². The number of thioether (sulfide) groups is 1. The molecule has 0 aliphatic heterocycles. The summed E-state index contributed by atoms with van der Waals surface area (Å²) in [4.78, 5) is 7.45. The van der Waals surface area contributed by atoms with Crippen molar-refractivity contribution in [2.45, 2.75) is 5.16 Å². The van der Waals surface area contributed by atoms with Crippen molar-refractivity contribution >= 4 is 28.4 Å². The zero-order valence-electron chi connectivity index (χ0n) is 15.0. The Labute approximate surface area is 165 Å². The fourth-order valence-corrected chi connectivity index (χ4v) is 3.60. The molecule has 138 valence electrons. The molecule has 0 unspecified atom stereocenters. The fourth-order valence-electron chi connectivity index (χ4n) is 2.81. The molecule has 2 aromatic carbocycles. The molecule has 0 amide bonds. The second-order valence-electron chi connectivity index (χ2n) is 6.06. The third-order valence-electron chi connectivity index (χ3n) is 4.23. The first-order valence-corrected chi connectivity index (χ1v) is 9.51. The smallest absolute Gasteiger partial charge is 0.191 e. The van der Waals surface area contributed by atoms with Gasteiger partial charge in [0.05, 0.1) is 16.8 Å². The summed E-state index contributed by atoms with van der Waals surface area (Å²) in [6.45, 7) is 0. The van der Waals surface area contributed by atoms with Gasteiger partial charge in [-0.1, -0.05) is 54.2 Å². The quantitative estimate of drug-likeness (QED) is 0.305. The van der Waals surface area contributed by atoms with Crippen LogP contribution >= 0.6 is 11.8 Å². The number of aliphatic hydroxyl groups is 1. The van der Waals surface area contributed by atoms with Crippen molar-refractivity contribution < 1.29 is 5.11 Å². The Bertz CT molecular complexity index is 1170. The lowest BCUT2D eigenvalue weighted by atomic mass is 10.2. The highest BCUT2D eigenvalue weighted by molar-refractivity contribution is 7.99. The number of aromatic nitrogens is 5. The molecule has 8 heteroatoms. The first-order chi connectivity index (χ1) is 13.7. The second kappa shape index (κ2) is 7.58. The molecule has 0 aliphatic rings. The number of imidazole rings is 1. The third kappa shape index (κ3) is 3.35. The Morgan fingerprint density at radius 3 is 2.64 bits per heavy atom. The number of H-pyrrole nitrogens is 1. The van der Waals surface area contributed by atoms with E-state index in [1.807, 2.05) is 72.3 Å².